The predicted molar refractivity (Wildman–Crippen MR) is 76.5 cm³/mol. The maximum absolute atomic E-state index is 11.8. The Morgan fingerprint density at radius 2 is 2.32 bits per heavy atom. The van der Waals surface area contributed by atoms with E-state index in [-0.39, 0.29) is 5.91 Å². The third-order valence-corrected chi connectivity index (χ3v) is 3.31. The van der Waals surface area contributed by atoms with Gasteiger partial charge in [0.1, 0.15) is 5.69 Å². The zero-order valence-electron chi connectivity index (χ0n) is 11.6. The molecule has 1 fully saturated rings. The summed E-state index contributed by atoms with van der Waals surface area (Å²) < 4.78 is 0. The van der Waals surface area contributed by atoms with Crippen LogP contribution in [0.3, 0.4) is 0 Å². The molecule has 0 atom stereocenters. The van der Waals surface area contributed by atoms with Crippen LogP contribution in [0.4, 0.5) is 5.69 Å². The molecule has 0 spiro atoms. The van der Waals surface area contributed by atoms with E-state index >= 15 is 0 Å². The fraction of sp³-hybridized carbons (Fsp3) is 0.571. The predicted octanol–water partition coefficient (Wildman–Crippen LogP) is 1.02. The lowest BCUT2D eigenvalue weighted by atomic mass is 10.1. The summed E-state index contributed by atoms with van der Waals surface area (Å²) in [6.45, 7) is 7.73. The summed E-state index contributed by atoms with van der Waals surface area (Å²) in [5, 5.41) is 6.08. The number of pyridine rings is 1. The van der Waals surface area contributed by atoms with Crippen molar-refractivity contribution in [1.82, 2.24) is 15.6 Å². The molecule has 5 heteroatoms. The van der Waals surface area contributed by atoms with E-state index in [9.17, 15) is 4.79 Å². The lowest BCUT2D eigenvalue weighted by molar-refractivity contribution is 0.0951. The van der Waals surface area contributed by atoms with Crippen LogP contribution in [0.1, 0.15) is 30.8 Å². The molecule has 0 bridgehead atoms. The van der Waals surface area contributed by atoms with Gasteiger partial charge in [-0.1, -0.05) is 6.92 Å². The first-order valence-electron chi connectivity index (χ1n) is 6.97. The second-order valence-electron chi connectivity index (χ2n) is 4.76. The number of hydrogen-bond donors (Lipinski definition) is 2. The number of nitrogens with one attached hydrogen (secondary N) is 2. The highest BCUT2D eigenvalue weighted by molar-refractivity contribution is 5.93. The van der Waals surface area contributed by atoms with Gasteiger partial charge in [-0.2, -0.15) is 0 Å². The quantitative estimate of drug-likeness (QED) is 0.803. The molecule has 0 unspecified atom stereocenters. The van der Waals surface area contributed by atoms with Crippen molar-refractivity contribution in [3.8, 4) is 0 Å². The first-order valence-corrected chi connectivity index (χ1v) is 6.97. The van der Waals surface area contributed by atoms with Gasteiger partial charge in [0.05, 0.1) is 6.04 Å². The SMILES string of the molecule is CCCN(c1ccnc(C(=O)NCC)c1)C1CNC1. The summed E-state index contributed by atoms with van der Waals surface area (Å²) in [6, 6.07) is 4.40. The minimum atomic E-state index is -0.104. The van der Waals surface area contributed by atoms with Crippen LogP contribution >= 0.6 is 0 Å². The van der Waals surface area contributed by atoms with Crippen molar-refractivity contribution in [3.05, 3.63) is 24.0 Å². The minimum absolute atomic E-state index is 0.104. The highest BCUT2D eigenvalue weighted by Gasteiger charge is 2.24. The molecule has 1 amide bonds. The molecular formula is C14H22N4O. The summed E-state index contributed by atoms with van der Waals surface area (Å²) in [5.41, 5.74) is 1.58. The largest absolute Gasteiger partial charge is 0.366 e. The second-order valence-corrected chi connectivity index (χ2v) is 4.76. The van der Waals surface area contributed by atoms with Crippen molar-refractivity contribution < 1.29 is 4.79 Å². The Morgan fingerprint density at radius 3 is 2.89 bits per heavy atom. The van der Waals surface area contributed by atoms with Crippen LogP contribution in [0, 0.1) is 0 Å². The van der Waals surface area contributed by atoms with Crippen molar-refractivity contribution in [1.29, 1.82) is 0 Å². The number of rotatable bonds is 6. The first-order chi connectivity index (χ1) is 9.26. The second kappa shape index (κ2) is 6.52. The molecule has 104 valence electrons. The summed E-state index contributed by atoms with van der Waals surface area (Å²) in [7, 11) is 0. The zero-order chi connectivity index (χ0) is 13.7. The molecule has 19 heavy (non-hydrogen) atoms. The van der Waals surface area contributed by atoms with Crippen LogP contribution in [0.25, 0.3) is 0 Å². The molecule has 1 saturated heterocycles. The highest BCUT2D eigenvalue weighted by Crippen LogP contribution is 2.19. The Kier molecular flexibility index (Phi) is 4.74. The number of carbonyl (C=O) groups excluding carboxylic acids is 1. The molecule has 0 aromatic carbocycles. The van der Waals surface area contributed by atoms with Crippen molar-refractivity contribution >= 4 is 11.6 Å². The maximum atomic E-state index is 11.8. The molecule has 0 aliphatic carbocycles. The number of carbonyl (C=O) groups is 1. The molecule has 2 heterocycles. The Labute approximate surface area is 114 Å². The van der Waals surface area contributed by atoms with Crippen LogP contribution in [0.15, 0.2) is 18.3 Å². The highest BCUT2D eigenvalue weighted by atomic mass is 16.1. The van der Waals surface area contributed by atoms with E-state index in [0.717, 1.165) is 31.7 Å². The minimum Gasteiger partial charge on any atom is -0.366 e. The molecule has 1 aliphatic heterocycles. The standard InChI is InChI=1S/C14H22N4O/c1-3-7-18(12-9-15-10-12)11-5-6-17-13(8-11)14(19)16-4-2/h5-6,8,12,15H,3-4,7,9-10H2,1-2H3,(H,16,19). The zero-order valence-corrected chi connectivity index (χ0v) is 11.6. The van der Waals surface area contributed by atoms with Crippen molar-refractivity contribution in [2.75, 3.05) is 31.1 Å². The van der Waals surface area contributed by atoms with E-state index < -0.39 is 0 Å². The smallest absolute Gasteiger partial charge is 0.269 e. The normalized spacial score (nSPS) is 14.8. The van der Waals surface area contributed by atoms with Crippen molar-refractivity contribution in [2.24, 2.45) is 0 Å². The van der Waals surface area contributed by atoms with Crippen LogP contribution < -0.4 is 15.5 Å². The Bertz CT molecular complexity index is 431. The summed E-state index contributed by atoms with van der Waals surface area (Å²) in [5.74, 6) is -0.104. The van der Waals surface area contributed by atoms with Gasteiger partial charge >= 0.3 is 0 Å². The van der Waals surface area contributed by atoms with Crippen LogP contribution in [-0.4, -0.2) is 43.1 Å². The van der Waals surface area contributed by atoms with Gasteiger partial charge in [-0.3, -0.25) is 9.78 Å². The van der Waals surface area contributed by atoms with E-state index in [1.54, 1.807) is 6.20 Å². The van der Waals surface area contributed by atoms with Gasteiger partial charge in [0.15, 0.2) is 0 Å². The fourth-order valence-electron chi connectivity index (χ4n) is 2.23. The number of hydrogen-bond acceptors (Lipinski definition) is 4. The first kappa shape index (κ1) is 13.8. The van der Waals surface area contributed by atoms with Crippen molar-refractivity contribution in [2.45, 2.75) is 26.3 Å². The lowest BCUT2D eigenvalue weighted by Gasteiger charge is -2.39. The third-order valence-electron chi connectivity index (χ3n) is 3.31. The summed E-state index contributed by atoms with van der Waals surface area (Å²) >= 11 is 0. The van der Waals surface area contributed by atoms with E-state index in [0.29, 0.717) is 18.3 Å². The summed E-state index contributed by atoms with van der Waals surface area (Å²) in [4.78, 5) is 18.3. The third kappa shape index (κ3) is 3.23. The topological polar surface area (TPSA) is 57.3 Å². The molecule has 5 nitrogen and oxygen atoms in total. The Morgan fingerprint density at radius 1 is 1.53 bits per heavy atom. The molecule has 1 aromatic heterocycles. The van der Waals surface area contributed by atoms with E-state index in [1.807, 2.05) is 19.1 Å². The molecular weight excluding hydrogens is 240 g/mol. The average Bonchev–Trinajstić information content (AvgIpc) is 2.37. The summed E-state index contributed by atoms with van der Waals surface area (Å²) in [6.07, 6.45) is 2.81. The number of aromatic nitrogens is 1. The fourth-order valence-corrected chi connectivity index (χ4v) is 2.23. The van der Waals surface area contributed by atoms with Crippen LogP contribution in [0.2, 0.25) is 0 Å². The van der Waals surface area contributed by atoms with Crippen molar-refractivity contribution in [3.63, 3.8) is 0 Å². The van der Waals surface area contributed by atoms with E-state index in [2.05, 4.69) is 27.4 Å². The van der Waals surface area contributed by atoms with Gasteiger partial charge in [0, 0.05) is 38.1 Å². The van der Waals surface area contributed by atoms with Gasteiger partial charge in [-0.05, 0) is 25.5 Å². The molecule has 0 radical (unpaired) electrons. The number of amides is 1. The lowest BCUT2D eigenvalue weighted by Crippen LogP contribution is -2.57. The van der Waals surface area contributed by atoms with Crippen LogP contribution in [-0.2, 0) is 0 Å². The molecule has 2 N–H and O–H groups in total. The van der Waals surface area contributed by atoms with Gasteiger partial charge in [-0.25, -0.2) is 0 Å². The van der Waals surface area contributed by atoms with E-state index in [1.165, 1.54) is 0 Å². The molecule has 1 aromatic rings. The number of anilines is 1. The monoisotopic (exact) mass is 262 g/mol. The van der Waals surface area contributed by atoms with E-state index in [4.69, 9.17) is 0 Å². The van der Waals surface area contributed by atoms with Gasteiger partial charge in [0.25, 0.3) is 5.91 Å². The van der Waals surface area contributed by atoms with Gasteiger partial charge < -0.3 is 15.5 Å². The molecule has 2 rings (SSSR count). The van der Waals surface area contributed by atoms with Gasteiger partial charge in [0.2, 0.25) is 0 Å². The molecule has 1 aliphatic rings. The Balaban J connectivity index is 2.17. The number of nitrogens with zero attached hydrogens (tertiary/aromatic N) is 2. The maximum Gasteiger partial charge on any atom is 0.269 e. The average molecular weight is 262 g/mol. The van der Waals surface area contributed by atoms with Gasteiger partial charge in [-0.15, -0.1) is 0 Å². The Hall–Kier alpha value is -1.62. The molecule has 0 saturated carbocycles. The van der Waals surface area contributed by atoms with Crippen LogP contribution in [0.5, 0.6) is 0 Å².